The fourth-order valence-corrected chi connectivity index (χ4v) is 3.84. The highest BCUT2D eigenvalue weighted by molar-refractivity contribution is 5.82. The molecule has 1 unspecified atom stereocenters. The summed E-state index contributed by atoms with van der Waals surface area (Å²) in [6.45, 7) is 6.31. The van der Waals surface area contributed by atoms with Gasteiger partial charge in [-0.15, -0.1) is 0 Å². The van der Waals surface area contributed by atoms with Crippen LogP contribution in [0.3, 0.4) is 0 Å². The molecule has 8 nitrogen and oxygen atoms in total. The first kappa shape index (κ1) is 18.3. The van der Waals surface area contributed by atoms with Crippen molar-refractivity contribution in [2.45, 2.75) is 18.9 Å². The Morgan fingerprint density at radius 3 is 2.63 bits per heavy atom. The number of nitrogens with one attached hydrogen (secondary N) is 1. The van der Waals surface area contributed by atoms with Crippen LogP contribution in [-0.4, -0.2) is 86.6 Å². The van der Waals surface area contributed by atoms with Gasteiger partial charge in [0.25, 0.3) is 5.91 Å². The summed E-state index contributed by atoms with van der Waals surface area (Å²) in [5.74, 6) is 0.883. The molecule has 0 radical (unpaired) electrons. The van der Waals surface area contributed by atoms with E-state index in [2.05, 4.69) is 22.3 Å². The molecule has 1 amide bonds. The number of anilines is 1. The fraction of sp³-hybridized carbons (Fsp3) is 0.632. The summed E-state index contributed by atoms with van der Waals surface area (Å²) >= 11 is 0. The molecule has 3 aliphatic heterocycles. The number of hydrogen-bond acceptors (Lipinski definition) is 7. The molecule has 27 heavy (non-hydrogen) atoms. The zero-order chi connectivity index (χ0) is 18.8. The highest BCUT2D eigenvalue weighted by Gasteiger charge is 2.31. The molecule has 0 saturated carbocycles. The second kappa shape index (κ2) is 7.92. The lowest BCUT2D eigenvalue weighted by molar-refractivity contribution is -0.135. The van der Waals surface area contributed by atoms with Gasteiger partial charge in [-0.05, 0) is 26.0 Å². The first-order chi connectivity index (χ1) is 13.1. The normalized spacial score (nSPS) is 24.2. The number of ether oxygens (including phenoxy) is 2. The summed E-state index contributed by atoms with van der Waals surface area (Å²) < 4.78 is 11.5. The summed E-state index contributed by atoms with van der Waals surface area (Å²) in [6.07, 6.45) is 0.802. The Bertz CT molecular complexity index is 685. The van der Waals surface area contributed by atoms with Gasteiger partial charge in [0.1, 0.15) is 11.5 Å². The molecule has 4 rings (SSSR count). The molecular formula is C19H28N4O4. The molecule has 8 heteroatoms. The van der Waals surface area contributed by atoms with E-state index in [4.69, 9.17) is 9.47 Å². The Kier molecular flexibility index (Phi) is 5.38. The van der Waals surface area contributed by atoms with Gasteiger partial charge < -0.3 is 24.4 Å². The lowest BCUT2D eigenvalue weighted by atomic mass is 9.99. The summed E-state index contributed by atoms with van der Waals surface area (Å²) in [5.41, 5.74) is 4.82. The molecule has 2 fully saturated rings. The molecule has 2 N–H and O–H groups in total. The van der Waals surface area contributed by atoms with Gasteiger partial charge in [0.2, 0.25) is 0 Å². The van der Waals surface area contributed by atoms with Crippen LogP contribution in [-0.2, 0) is 16.0 Å². The first-order valence-electron chi connectivity index (χ1n) is 9.69. The van der Waals surface area contributed by atoms with E-state index in [0.29, 0.717) is 39.1 Å². The van der Waals surface area contributed by atoms with E-state index in [0.717, 1.165) is 43.2 Å². The standard InChI is InChI=1S/C19H28N4O4/c1-21-4-6-22(7-5-21)16-13-15(24)12-14-2-3-17(27-18(14)16)19(25)20-23-8-10-26-11-9-23/h12-13,17,24H,2-11H2,1H3,(H,20,25). The molecule has 2 saturated heterocycles. The number of phenols is 1. The summed E-state index contributed by atoms with van der Waals surface area (Å²) in [5, 5.41) is 12.0. The zero-order valence-corrected chi connectivity index (χ0v) is 15.8. The second-order valence-electron chi connectivity index (χ2n) is 7.46. The van der Waals surface area contributed by atoms with Crippen LogP contribution >= 0.6 is 0 Å². The third-order valence-corrected chi connectivity index (χ3v) is 5.48. The predicted octanol–water partition coefficient (Wildman–Crippen LogP) is 0.201. The van der Waals surface area contributed by atoms with Crippen LogP contribution in [0.4, 0.5) is 5.69 Å². The van der Waals surface area contributed by atoms with Crippen LogP contribution in [0.15, 0.2) is 12.1 Å². The van der Waals surface area contributed by atoms with Gasteiger partial charge in [-0.3, -0.25) is 10.2 Å². The molecule has 0 aromatic heterocycles. The van der Waals surface area contributed by atoms with Crippen molar-refractivity contribution in [2.75, 3.05) is 64.4 Å². The van der Waals surface area contributed by atoms with Gasteiger partial charge in [0.15, 0.2) is 6.10 Å². The second-order valence-corrected chi connectivity index (χ2v) is 7.46. The average molecular weight is 376 g/mol. The first-order valence-corrected chi connectivity index (χ1v) is 9.69. The molecule has 3 heterocycles. The minimum absolute atomic E-state index is 0.111. The number of hydrogen-bond donors (Lipinski definition) is 2. The Morgan fingerprint density at radius 2 is 1.89 bits per heavy atom. The van der Waals surface area contributed by atoms with Gasteiger partial charge >= 0.3 is 0 Å². The Labute approximate surface area is 159 Å². The van der Waals surface area contributed by atoms with E-state index in [1.807, 2.05) is 5.01 Å². The van der Waals surface area contributed by atoms with Crippen molar-refractivity contribution in [1.29, 1.82) is 0 Å². The topological polar surface area (TPSA) is 77.5 Å². The Balaban J connectivity index is 1.49. The van der Waals surface area contributed by atoms with Crippen molar-refractivity contribution in [3.05, 3.63) is 17.7 Å². The number of phenolic OH excluding ortho intramolecular Hbond substituents is 1. The summed E-state index contributed by atoms with van der Waals surface area (Å²) in [6, 6.07) is 3.51. The lowest BCUT2D eigenvalue weighted by Gasteiger charge is -2.37. The molecule has 0 aliphatic carbocycles. The van der Waals surface area contributed by atoms with Crippen molar-refractivity contribution < 1.29 is 19.4 Å². The molecule has 1 aromatic rings. The molecular weight excluding hydrogens is 348 g/mol. The number of nitrogens with zero attached hydrogens (tertiary/aromatic N) is 3. The maximum atomic E-state index is 12.7. The molecule has 0 bridgehead atoms. The monoisotopic (exact) mass is 376 g/mol. The number of aromatic hydroxyl groups is 1. The van der Waals surface area contributed by atoms with E-state index in [9.17, 15) is 9.90 Å². The van der Waals surface area contributed by atoms with Crippen molar-refractivity contribution in [2.24, 2.45) is 0 Å². The van der Waals surface area contributed by atoms with E-state index in [-0.39, 0.29) is 11.7 Å². The minimum atomic E-state index is -0.517. The number of aryl methyl sites for hydroxylation is 1. The van der Waals surface area contributed by atoms with Crippen molar-refractivity contribution >= 4 is 11.6 Å². The van der Waals surface area contributed by atoms with Crippen molar-refractivity contribution in [3.63, 3.8) is 0 Å². The number of fused-ring (bicyclic) bond motifs is 1. The highest BCUT2D eigenvalue weighted by Crippen LogP contribution is 2.40. The van der Waals surface area contributed by atoms with E-state index in [1.54, 1.807) is 12.1 Å². The number of carbonyl (C=O) groups excluding carboxylic acids is 1. The number of carbonyl (C=O) groups is 1. The average Bonchev–Trinajstić information content (AvgIpc) is 2.68. The molecule has 148 valence electrons. The number of piperazine rings is 1. The zero-order valence-electron chi connectivity index (χ0n) is 15.8. The number of morpholine rings is 1. The molecule has 3 aliphatic rings. The molecule has 0 spiro atoms. The number of rotatable bonds is 3. The van der Waals surface area contributed by atoms with Crippen molar-refractivity contribution in [1.82, 2.24) is 15.3 Å². The number of likely N-dealkylation sites (N-methyl/N-ethyl adjacent to an activating group) is 1. The van der Waals surface area contributed by atoms with Gasteiger partial charge in [-0.2, -0.15) is 0 Å². The van der Waals surface area contributed by atoms with Gasteiger partial charge in [-0.25, -0.2) is 5.01 Å². The van der Waals surface area contributed by atoms with Gasteiger partial charge in [0.05, 0.1) is 18.9 Å². The predicted molar refractivity (Wildman–Crippen MR) is 101 cm³/mol. The SMILES string of the molecule is CN1CCN(c2cc(O)cc3c2OC(C(=O)NN2CCOCC2)CC3)CC1. The van der Waals surface area contributed by atoms with Gasteiger partial charge in [0, 0.05) is 50.9 Å². The van der Waals surface area contributed by atoms with Crippen molar-refractivity contribution in [3.8, 4) is 11.5 Å². The van der Waals surface area contributed by atoms with Crippen LogP contribution in [0.1, 0.15) is 12.0 Å². The van der Waals surface area contributed by atoms with Gasteiger partial charge in [-0.1, -0.05) is 0 Å². The van der Waals surface area contributed by atoms with E-state index >= 15 is 0 Å². The number of hydrazine groups is 1. The quantitative estimate of drug-likeness (QED) is 0.780. The third kappa shape index (κ3) is 4.12. The van der Waals surface area contributed by atoms with Crippen LogP contribution in [0.25, 0.3) is 0 Å². The number of benzene rings is 1. The fourth-order valence-electron chi connectivity index (χ4n) is 3.84. The Morgan fingerprint density at radius 1 is 1.15 bits per heavy atom. The summed E-state index contributed by atoms with van der Waals surface area (Å²) in [7, 11) is 2.11. The smallest absolute Gasteiger partial charge is 0.275 e. The molecule has 1 aromatic carbocycles. The largest absolute Gasteiger partial charge is 0.508 e. The maximum absolute atomic E-state index is 12.7. The minimum Gasteiger partial charge on any atom is -0.508 e. The Hall–Kier alpha value is -2.03. The van der Waals surface area contributed by atoms with Crippen LogP contribution in [0, 0.1) is 0 Å². The van der Waals surface area contributed by atoms with Crippen LogP contribution in [0.5, 0.6) is 11.5 Å². The molecule has 1 atom stereocenters. The summed E-state index contributed by atoms with van der Waals surface area (Å²) in [4.78, 5) is 17.2. The maximum Gasteiger partial charge on any atom is 0.275 e. The number of amides is 1. The third-order valence-electron chi connectivity index (χ3n) is 5.48. The van der Waals surface area contributed by atoms with E-state index < -0.39 is 6.10 Å². The van der Waals surface area contributed by atoms with E-state index in [1.165, 1.54) is 0 Å². The highest BCUT2D eigenvalue weighted by atomic mass is 16.5. The van der Waals surface area contributed by atoms with Crippen LogP contribution < -0.4 is 15.1 Å². The van der Waals surface area contributed by atoms with Crippen LogP contribution in [0.2, 0.25) is 0 Å². The lowest BCUT2D eigenvalue weighted by Crippen LogP contribution is -2.53.